The maximum Gasteiger partial charge on any atom is 0.233 e. The van der Waals surface area contributed by atoms with Crippen molar-refractivity contribution < 1.29 is 9.53 Å². The number of fused-ring (bicyclic) bond motifs is 1. The first-order valence-electron chi connectivity index (χ1n) is 9.62. The lowest BCUT2D eigenvalue weighted by molar-refractivity contribution is -0.129. The quantitative estimate of drug-likeness (QED) is 0.605. The van der Waals surface area contributed by atoms with E-state index in [0.717, 1.165) is 59.0 Å². The lowest BCUT2D eigenvalue weighted by Crippen LogP contribution is -2.47. The Hall–Kier alpha value is -2.64. The molecule has 1 aromatic carbocycles. The highest BCUT2D eigenvalue weighted by molar-refractivity contribution is 7.99. The summed E-state index contributed by atoms with van der Waals surface area (Å²) in [6.07, 6.45) is 3.61. The van der Waals surface area contributed by atoms with Crippen LogP contribution in [0.15, 0.2) is 53.8 Å². The molecule has 3 aromatic rings. The number of hydrogen-bond acceptors (Lipinski definition) is 6. The zero-order chi connectivity index (χ0) is 20.2. The monoisotopic (exact) mass is 408 g/mol. The second-order valence-electron chi connectivity index (χ2n) is 7.11. The SMILES string of the molecule is COc1ccc2c(-c3cccnc3)cc(SCC(=O)N3CCN(C)CC3)nc2c1. The molecule has 1 saturated heterocycles. The molecule has 1 aliphatic rings. The summed E-state index contributed by atoms with van der Waals surface area (Å²) >= 11 is 1.48. The van der Waals surface area contributed by atoms with Crippen LogP contribution in [0.25, 0.3) is 22.0 Å². The van der Waals surface area contributed by atoms with Crippen molar-refractivity contribution in [3.8, 4) is 16.9 Å². The van der Waals surface area contributed by atoms with E-state index in [4.69, 9.17) is 9.72 Å². The van der Waals surface area contributed by atoms with Crippen LogP contribution in [0.4, 0.5) is 0 Å². The number of piperazine rings is 1. The summed E-state index contributed by atoms with van der Waals surface area (Å²) < 4.78 is 5.37. The molecule has 0 atom stereocenters. The Kier molecular flexibility index (Phi) is 5.97. The van der Waals surface area contributed by atoms with E-state index in [1.165, 1.54) is 11.8 Å². The third kappa shape index (κ3) is 4.52. The molecule has 0 radical (unpaired) electrons. The van der Waals surface area contributed by atoms with E-state index in [1.807, 2.05) is 47.5 Å². The minimum Gasteiger partial charge on any atom is -0.497 e. The Morgan fingerprint density at radius 1 is 1.17 bits per heavy atom. The van der Waals surface area contributed by atoms with Gasteiger partial charge in [0.1, 0.15) is 5.75 Å². The van der Waals surface area contributed by atoms with Crippen LogP contribution in [0.3, 0.4) is 0 Å². The summed E-state index contributed by atoms with van der Waals surface area (Å²) in [7, 11) is 3.74. The van der Waals surface area contributed by atoms with Crippen LogP contribution in [0.1, 0.15) is 0 Å². The van der Waals surface area contributed by atoms with E-state index in [0.29, 0.717) is 5.75 Å². The predicted molar refractivity (Wildman–Crippen MR) is 116 cm³/mol. The molecule has 0 spiro atoms. The van der Waals surface area contributed by atoms with Gasteiger partial charge in [0.15, 0.2) is 0 Å². The number of benzene rings is 1. The van der Waals surface area contributed by atoms with Gasteiger partial charge in [-0.1, -0.05) is 17.8 Å². The molecule has 1 amide bonds. The third-order valence-corrected chi connectivity index (χ3v) is 6.06. The van der Waals surface area contributed by atoms with Crippen LogP contribution >= 0.6 is 11.8 Å². The molecule has 0 unspecified atom stereocenters. The maximum atomic E-state index is 12.6. The van der Waals surface area contributed by atoms with Crippen molar-refractivity contribution >= 4 is 28.6 Å². The fraction of sp³-hybridized carbons (Fsp3) is 0.318. The summed E-state index contributed by atoms with van der Waals surface area (Å²) in [4.78, 5) is 25.9. The Morgan fingerprint density at radius 3 is 2.72 bits per heavy atom. The van der Waals surface area contributed by atoms with Gasteiger partial charge in [-0.2, -0.15) is 0 Å². The molecule has 3 heterocycles. The van der Waals surface area contributed by atoms with Gasteiger partial charge in [0.05, 0.1) is 23.4 Å². The number of amides is 1. The Balaban J connectivity index is 1.61. The molecule has 7 heteroatoms. The third-order valence-electron chi connectivity index (χ3n) is 5.17. The van der Waals surface area contributed by atoms with Gasteiger partial charge in [-0.3, -0.25) is 9.78 Å². The Bertz CT molecular complexity index is 1000. The number of ether oxygens (including phenoxy) is 1. The average Bonchev–Trinajstić information content (AvgIpc) is 2.77. The molecule has 150 valence electrons. The topological polar surface area (TPSA) is 58.6 Å². The fourth-order valence-corrected chi connectivity index (χ4v) is 4.25. The number of nitrogens with zero attached hydrogens (tertiary/aromatic N) is 4. The van der Waals surface area contributed by atoms with Crippen LogP contribution < -0.4 is 4.74 Å². The number of rotatable bonds is 5. The lowest BCUT2D eigenvalue weighted by Gasteiger charge is -2.32. The first-order valence-corrected chi connectivity index (χ1v) is 10.6. The lowest BCUT2D eigenvalue weighted by atomic mass is 10.0. The number of methoxy groups -OCH3 is 1. The number of carbonyl (C=O) groups is 1. The molecule has 29 heavy (non-hydrogen) atoms. The van der Waals surface area contributed by atoms with Gasteiger partial charge < -0.3 is 14.5 Å². The molecule has 0 aliphatic carbocycles. The second kappa shape index (κ2) is 8.80. The minimum atomic E-state index is 0.165. The van der Waals surface area contributed by atoms with Gasteiger partial charge in [0.25, 0.3) is 0 Å². The average molecular weight is 409 g/mol. The van der Waals surface area contributed by atoms with Crippen molar-refractivity contribution in [3.05, 3.63) is 48.8 Å². The predicted octanol–water partition coefficient (Wildman–Crippen LogP) is 3.17. The highest BCUT2D eigenvalue weighted by Gasteiger charge is 2.19. The summed E-state index contributed by atoms with van der Waals surface area (Å²) in [5, 5.41) is 1.86. The van der Waals surface area contributed by atoms with Crippen molar-refractivity contribution in [2.45, 2.75) is 5.03 Å². The number of thioether (sulfide) groups is 1. The van der Waals surface area contributed by atoms with Crippen LogP contribution in [-0.4, -0.2) is 71.8 Å². The van der Waals surface area contributed by atoms with E-state index in [2.05, 4.69) is 16.9 Å². The molecular weight excluding hydrogens is 384 g/mol. The van der Waals surface area contributed by atoms with Crippen LogP contribution in [0, 0.1) is 0 Å². The van der Waals surface area contributed by atoms with Crippen LogP contribution in [-0.2, 0) is 4.79 Å². The standard InChI is InChI=1S/C22H24N4O2S/c1-25-8-10-26(11-9-25)22(27)15-29-21-13-19(16-4-3-7-23-14-16)18-6-5-17(28-2)12-20(18)24-21/h3-7,12-14H,8-11,15H2,1-2H3. The Labute approximate surface area is 174 Å². The molecule has 2 aromatic heterocycles. The highest BCUT2D eigenvalue weighted by atomic mass is 32.2. The molecule has 0 saturated carbocycles. The van der Waals surface area contributed by atoms with Crippen molar-refractivity contribution in [3.63, 3.8) is 0 Å². The molecule has 4 rings (SSSR count). The fourth-order valence-electron chi connectivity index (χ4n) is 3.43. The number of pyridine rings is 2. The van der Waals surface area contributed by atoms with E-state index in [1.54, 1.807) is 13.3 Å². The molecule has 6 nitrogen and oxygen atoms in total. The molecule has 1 fully saturated rings. The van der Waals surface area contributed by atoms with Crippen LogP contribution in [0.5, 0.6) is 5.75 Å². The normalized spacial score (nSPS) is 14.9. The van der Waals surface area contributed by atoms with Gasteiger partial charge in [0.2, 0.25) is 5.91 Å². The minimum absolute atomic E-state index is 0.165. The van der Waals surface area contributed by atoms with Crippen molar-refractivity contribution in [2.24, 2.45) is 0 Å². The summed E-state index contributed by atoms with van der Waals surface area (Å²) in [5.74, 6) is 1.31. The van der Waals surface area contributed by atoms with E-state index < -0.39 is 0 Å². The number of carbonyl (C=O) groups excluding carboxylic acids is 1. The van der Waals surface area contributed by atoms with Crippen LogP contribution in [0.2, 0.25) is 0 Å². The molecule has 1 aliphatic heterocycles. The summed E-state index contributed by atoms with van der Waals surface area (Å²) in [6.45, 7) is 3.43. The van der Waals surface area contributed by atoms with Gasteiger partial charge in [-0.15, -0.1) is 0 Å². The summed E-state index contributed by atoms with van der Waals surface area (Å²) in [6, 6.07) is 11.9. The van der Waals surface area contributed by atoms with Crippen molar-refractivity contribution in [1.29, 1.82) is 0 Å². The second-order valence-corrected chi connectivity index (χ2v) is 8.10. The van der Waals surface area contributed by atoms with Gasteiger partial charge in [-0.05, 0) is 36.9 Å². The van der Waals surface area contributed by atoms with Crippen molar-refractivity contribution in [1.82, 2.24) is 19.8 Å². The van der Waals surface area contributed by atoms with Gasteiger partial charge in [-0.25, -0.2) is 4.98 Å². The van der Waals surface area contributed by atoms with Gasteiger partial charge in [0, 0.05) is 55.6 Å². The van der Waals surface area contributed by atoms with E-state index in [-0.39, 0.29) is 5.91 Å². The number of hydrogen-bond donors (Lipinski definition) is 0. The number of aromatic nitrogens is 2. The summed E-state index contributed by atoms with van der Waals surface area (Å²) in [5.41, 5.74) is 2.93. The highest BCUT2D eigenvalue weighted by Crippen LogP contribution is 2.33. The zero-order valence-electron chi connectivity index (χ0n) is 16.7. The largest absolute Gasteiger partial charge is 0.497 e. The smallest absolute Gasteiger partial charge is 0.233 e. The Morgan fingerprint density at radius 2 is 2.00 bits per heavy atom. The molecule has 0 N–H and O–H groups in total. The van der Waals surface area contributed by atoms with E-state index >= 15 is 0 Å². The van der Waals surface area contributed by atoms with Gasteiger partial charge >= 0.3 is 0 Å². The first kappa shape index (κ1) is 19.7. The number of likely N-dealkylation sites (N-methyl/N-ethyl adjacent to an activating group) is 1. The zero-order valence-corrected chi connectivity index (χ0v) is 17.5. The maximum absolute atomic E-state index is 12.6. The van der Waals surface area contributed by atoms with E-state index in [9.17, 15) is 4.79 Å². The molecular formula is C22H24N4O2S. The first-order chi connectivity index (χ1) is 14.1. The van der Waals surface area contributed by atoms with Crippen molar-refractivity contribution in [2.75, 3.05) is 46.1 Å². The molecule has 0 bridgehead atoms.